The summed E-state index contributed by atoms with van der Waals surface area (Å²) in [5.41, 5.74) is 0. The molecular formula is C16H28CdO4. The molecule has 2 rings (SSSR count). The zero-order valence-corrected chi connectivity index (χ0v) is 17.1. The molecule has 118 valence electrons. The predicted octanol–water partition coefficient (Wildman–Crippen LogP) is 4.08. The molecule has 0 aromatic heterocycles. The third kappa shape index (κ3) is 11.1. The van der Waals surface area contributed by atoms with Gasteiger partial charge in [0.25, 0.3) is 0 Å². The summed E-state index contributed by atoms with van der Waals surface area (Å²) in [7, 11) is 0. The van der Waals surface area contributed by atoms with Crippen LogP contribution in [0.3, 0.4) is 0 Å². The fraction of sp³-hybridized carbons (Fsp3) is 0.875. The molecule has 0 aromatic rings. The Bertz CT molecular complexity index is 265. The number of aliphatic carboxylic acids is 2. The van der Waals surface area contributed by atoms with E-state index in [0.717, 1.165) is 25.7 Å². The zero-order valence-electron chi connectivity index (χ0n) is 13.1. The van der Waals surface area contributed by atoms with Crippen LogP contribution >= 0.6 is 0 Å². The van der Waals surface area contributed by atoms with Gasteiger partial charge in [-0.15, -0.1) is 0 Å². The van der Waals surface area contributed by atoms with Gasteiger partial charge in [0.15, 0.2) is 0 Å². The zero-order chi connectivity index (χ0) is 14.8. The van der Waals surface area contributed by atoms with Crippen LogP contribution in [0.1, 0.15) is 77.0 Å². The van der Waals surface area contributed by atoms with Gasteiger partial charge in [-0.25, -0.2) is 0 Å². The van der Waals surface area contributed by atoms with Crippen LogP contribution in [0.2, 0.25) is 0 Å². The molecule has 0 aromatic carbocycles. The van der Waals surface area contributed by atoms with E-state index in [9.17, 15) is 9.59 Å². The smallest absolute Gasteiger partial charge is 0.303 e. The van der Waals surface area contributed by atoms with Gasteiger partial charge >= 0.3 is 11.9 Å². The van der Waals surface area contributed by atoms with Crippen LogP contribution in [0.15, 0.2) is 0 Å². The molecule has 2 N–H and O–H groups in total. The maximum Gasteiger partial charge on any atom is 0.303 e. The van der Waals surface area contributed by atoms with Crippen molar-refractivity contribution in [3.8, 4) is 0 Å². The van der Waals surface area contributed by atoms with Crippen LogP contribution in [0.4, 0.5) is 0 Å². The minimum absolute atomic E-state index is 0. The third-order valence-electron chi connectivity index (χ3n) is 4.38. The molecule has 0 heterocycles. The minimum Gasteiger partial charge on any atom is -0.481 e. The van der Waals surface area contributed by atoms with E-state index in [2.05, 4.69) is 0 Å². The van der Waals surface area contributed by atoms with E-state index < -0.39 is 11.9 Å². The molecule has 2 aliphatic carbocycles. The van der Waals surface area contributed by atoms with Crippen molar-refractivity contribution in [2.24, 2.45) is 11.8 Å². The van der Waals surface area contributed by atoms with Gasteiger partial charge in [-0.05, 0) is 37.5 Å². The van der Waals surface area contributed by atoms with Crippen LogP contribution in [0.25, 0.3) is 0 Å². The minimum atomic E-state index is -0.632. The summed E-state index contributed by atoms with van der Waals surface area (Å²) in [6, 6.07) is 0. The molecule has 2 aliphatic rings. The Hall–Kier alpha value is -0.138. The van der Waals surface area contributed by atoms with Crippen molar-refractivity contribution < 1.29 is 47.1 Å². The Morgan fingerprint density at radius 1 is 0.667 bits per heavy atom. The van der Waals surface area contributed by atoms with Gasteiger partial charge in [-0.2, -0.15) is 0 Å². The van der Waals surface area contributed by atoms with E-state index in [0.29, 0.717) is 24.7 Å². The standard InChI is InChI=1S/2C8H14O2.Cd/c2*9-8(10)6-7-4-2-1-3-5-7;/h2*7H,1-6H2,(H,9,10);. The Labute approximate surface area is 147 Å². The maximum absolute atomic E-state index is 10.3. The van der Waals surface area contributed by atoms with Crippen molar-refractivity contribution in [3.63, 3.8) is 0 Å². The second-order valence-corrected chi connectivity index (χ2v) is 6.20. The summed E-state index contributed by atoms with van der Waals surface area (Å²) in [5.74, 6) is -0.309. The summed E-state index contributed by atoms with van der Waals surface area (Å²) in [6.07, 6.45) is 12.8. The number of carboxylic acid groups (broad SMARTS) is 2. The topological polar surface area (TPSA) is 74.6 Å². The summed E-state index contributed by atoms with van der Waals surface area (Å²) in [4.78, 5) is 20.5. The molecule has 0 atom stereocenters. The van der Waals surface area contributed by atoms with Gasteiger partial charge in [-0.3, -0.25) is 9.59 Å². The molecule has 0 spiro atoms. The van der Waals surface area contributed by atoms with Crippen molar-refractivity contribution >= 4 is 11.9 Å². The van der Waals surface area contributed by atoms with Crippen LogP contribution in [0.5, 0.6) is 0 Å². The van der Waals surface area contributed by atoms with E-state index in [4.69, 9.17) is 10.2 Å². The fourth-order valence-corrected chi connectivity index (χ4v) is 3.28. The summed E-state index contributed by atoms with van der Waals surface area (Å²) >= 11 is 0. The van der Waals surface area contributed by atoms with E-state index in [1.807, 2.05) is 0 Å². The van der Waals surface area contributed by atoms with Gasteiger partial charge in [0.1, 0.15) is 0 Å². The first-order valence-electron chi connectivity index (χ1n) is 8.01. The fourth-order valence-electron chi connectivity index (χ4n) is 3.28. The monoisotopic (exact) mass is 398 g/mol. The van der Waals surface area contributed by atoms with Crippen LogP contribution in [0, 0.1) is 11.8 Å². The first kappa shape index (κ1) is 20.9. The Balaban J connectivity index is 0.000000364. The van der Waals surface area contributed by atoms with Gasteiger partial charge in [0.05, 0.1) is 0 Å². The molecule has 0 amide bonds. The average molecular weight is 397 g/mol. The van der Waals surface area contributed by atoms with Crippen molar-refractivity contribution in [3.05, 3.63) is 0 Å². The molecule has 2 saturated carbocycles. The first-order valence-corrected chi connectivity index (χ1v) is 8.01. The third-order valence-corrected chi connectivity index (χ3v) is 4.38. The normalized spacial score (nSPS) is 19.8. The van der Waals surface area contributed by atoms with Crippen molar-refractivity contribution in [1.82, 2.24) is 0 Å². The SMILES string of the molecule is O=C(O)CC1CCCCC1.O=C(O)CC1CCCCC1.[Cd]. The molecule has 21 heavy (non-hydrogen) atoms. The molecule has 2 fully saturated rings. The maximum atomic E-state index is 10.3. The molecule has 5 heteroatoms. The van der Waals surface area contributed by atoms with Crippen molar-refractivity contribution in [2.75, 3.05) is 0 Å². The van der Waals surface area contributed by atoms with Crippen molar-refractivity contribution in [2.45, 2.75) is 77.0 Å². The second kappa shape index (κ2) is 12.4. The number of carboxylic acids is 2. The van der Waals surface area contributed by atoms with Gasteiger partial charge < -0.3 is 10.2 Å². The van der Waals surface area contributed by atoms with Crippen LogP contribution < -0.4 is 0 Å². The van der Waals surface area contributed by atoms with Crippen LogP contribution in [-0.2, 0) is 36.9 Å². The molecule has 4 nitrogen and oxygen atoms in total. The van der Waals surface area contributed by atoms with E-state index in [-0.39, 0.29) is 27.3 Å². The quantitative estimate of drug-likeness (QED) is 0.702. The number of carbonyl (C=O) groups is 2. The molecule has 0 saturated heterocycles. The first-order chi connectivity index (χ1) is 9.58. The Morgan fingerprint density at radius 3 is 1.19 bits per heavy atom. The summed E-state index contributed by atoms with van der Waals surface area (Å²) < 4.78 is 0. The van der Waals surface area contributed by atoms with Gasteiger partial charge in [0.2, 0.25) is 0 Å². The number of hydrogen-bond donors (Lipinski definition) is 2. The van der Waals surface area contributed by atoms with Crippen molar-refractivity contribution in [1.29, 1.82) is 0 Å². The largest absolute Gasteiger partial charge is 0.481 e. The average Bonchev–Trinajstić information content (AvgIpc) is 2.40. The van der Waals surface area contributed by atoms with Gasteiger partial charge in [-0.1, -0.05) is 38.5 Å². The molecule has 0 radical (unpaired) electrons. The van der Waals surface area contributed by atoms with Crippen LogP contribution in [-0.4, -0.2) is 22.2 Å². The molecular weight excluding hydrogens is 369 g/mol. The van der Waals surface area contributed by atoms with E-state index in [1.54, 1.807) is 0 Å². The summed E-state index contributed by atoms with van der Waals surface area (Å²) in [5, 5.41) is 16.9. The number of rotatable bonds is 4. The predicted molar refractivity (Wildman–Crippen MR) is 77.7 cm³/mol. The number of hydrogen-bond acceptors (Lipinski definition) is 2. The van der Waals surface area contributed by atoms with Gasteiger partial charge in [0, 0.05) is 40.1 Å². The molecule has 0 unspecified atom stereocenters. The molecule has 0 bridgehead atoms. The second-order valence-electron chi connectivity index (χ2n) is 6.20. The van der Waals surface area contributed by atoms with E-state index >= 15 is 0 Å². The summed E-state index contributed by atoms with van der Waals surface area (Å²) in [6.45, 7) is 0. The Morgan fingerprint density at radius 2 is 0.952 bits per heavy atom. The Kier molecular flexibility index (Phi) is 12.3. The van der Waals surface area contributed by atoms with E-state index in [1.165, 1.54) is 38.5 Å². The molecule has 0 aliphatic heterocycles.